The third-order valence-electron chi connectivity index (χ3n) is 4.06. The van der Waals surface area contributed by atoms with E-state index in [1.807, 2.05) is 49.4 Å². The predicted octanol–water partition coefficient (Wildman–Crippen LogP) is 5.12. The van der Waals surface area contributed by atoms with Crippen LogP contribution in [0.1, 0.15) is 11.4 Å². The van der Waals surface area contributed by atoms with E-state index in [-0.39, 0.29) is 0 Å². The van der Waals surface area contributed by atoms with Crippen LogP contribution in [0.25, 0.3) is 20.7 Å². The second-order valence-electron chi connectivity index (χ2n) is 5.96. The van der Waals surface area contributed by atoms with Gasteiger partial charge < -0.3 is 4.74 Å². The highest BCUT2D eigenvalue weighted by molar-refractivity contribution is 7.21. The van der Waals surface area contributed by atoms with Gasteiger partial charge in [0.2, 0.25) is 0 Å². The van der Waals surface area contributed by atoms with E-state index in [0.29, 0.717) is 11.6 Å². The highest BCUT2D eigenvalue weighted by Crippen LogP contribution is 2.35. The van der Waals surface area contributed by atoms with Crippen molar-refractivity contribution in [3.63, 3.8) is 0 Å². The molecular weight excluding hydrogens is 356 g/mol. The van der Waals surface area contributed by atoms with Gasteiger partial charge in [-0.15, -0.1) is 11.3 Å². The molecule has 5 nitrogen and oxygen atoms in total. The monoisotopic (exact) mass is 374 g/mol. The summed E-state index contributed by atoms with van der Waals surface area (Å²) in [6.07, 6.45) is 1.76. The van der Waals surface area contributed by atoms with Crippen LogP contribution in [-0.4, -0.2) is 23.3 Å². The molecule has 2 aromatic heterocycles. The molecule has 0 saturated carbocycles. The van der Waals surface area contributed by atoms with Crippen LogP contribution in [0.2, 0.25) is 0 Å². The number of aromatic nitrogens is 2. The van der Waals surface area contributed by atoms with Crippen LogP contribution in [0, 0.1) is 6.92 Å². The van der Waals surface area contributed by atoms with Crippen molar-refractivity contribution in [2.45, 2.75) is 6.92 Å². The third-order valence-corrected chi connectivity index (χ3v) is 5.14. The molecule has 0 aliphatic carbocycles. The number of rotatable bonds is 5. The van der Waals surface area contributed by atoms with E-state index < -0.39 is 0 Å². The molecule has 4 aromatic rings. The average Bonchev–Trinajstić information content (AvgIpc) is 3.13. The summed E-state index contributed by atoms with van der Waals surface area (Å²) in [6.45, 7) is 1.89. The van der Waals surface area contributed by atoms with Crippen molar-refractivity contribution in [1.82, 2.24) is 9.97 Å². The number of aryl methyl sites for hydroxylation is 1. The Labute approximate surface area is 161 Å². The summed E-state index contributed by atoms with van der Waals surface area (Å²) >= 11 is 1.66. The first-order valence-electron chi connectivity index (χ1n) is 8.49. The zero-order valence-corrected chi connectivity index (χ0v) is 15.8. The Hall–Kier alpha value is -3.25. The number of thiophene rings is 1. The first kappa shape index (κ1) is 17.2. The van der Waals surface area contributed by atoms with Gasteiger partial charge in [-0.3, -0.25) is 5.43 Å². The molecule has 0 atom stereocenters. The van der Waals surface area contributed by atoms with Crippen molar-refractivity contribution in [2.75, 3.05) is 12.5 Å². The van der Waals surface area contributed by atoms with Gasteiger partial charge >= 0.3 is 0 Å². The molecular formula is C21H18N4OS. The quantitative estimate of drug-likeness (QED) is 0.389. The van der Waals surface area contributed by atoms with Gasteiger partial charge in [0.05, 0.1) is 18.7 Å². The van der Waals surface area contributed by atoms with Crippen molar-refractivity contribution in [2.24, 2.45) is 5.10 Å². The molecule has 134 valence electrons. The SMILES string of the molecule is COc1ccc(/C=N\Nc2nc(C)nc3sc(-c4ccccc4)cc23)cc1. The van der Waals surface area contributed by atoms with Crippen molar-refractivity contribution < 1.29 is 4.74 Å². The number of nitrogens with one attached hydrogen (secondary N) is 1. The predicted molar refractivity (Wildman–Crippen MR) is 112 cm³/mol. The first-order valence-corrected chi connectivity index (χ1v) is 9.31. The Kier molecular flexibility index (Phi) is 4.80. The molecule has 2 heterocycles. The maximum absolute atomic E-state index is 5.17. The van der Waals surface area contributed by atoms with E-state index in [1.165, 1.54) is 5.56 Å². The zero-order valence-electron chi connectivity index (χ0n) is 15.0. The fourth-order valence-electron chi connectivity index (χ4n) is 2.72. The van der Waals surface area contributed by atoms with Crippen LogP contribution in [0.5, 0.6) is 5.75 Å². The minimum atomic E-state index is 0.709. The van der Waals surface area contributed by atoms with Crippen molar-refractivity contribution >= 4 is 33.6 Å². The van der Waals surface area contributed by atoms with Gasteiger partial charge in [0, 0.05) is 4.88 Å². The summed E-state index contributed by atoms with van der Waals surface area (Å²) in [7, 11) is 1.65. The molecule has 1 N–H and O–H groups in total. The lowest BCUT2D eigenvalue weighted by molar-refractivity contribution is 0.415. The number of fused-ring (bicyclic) bond motifs is 1. The van der Waals surface area contributed by atoms with Gasteiger partial charge in [0.1, 0.15) is 16.4 Å². The van der Waals surface area contributed by atoms with Crippen LogP contribution < -0.4 is 10.2 Å². The Morgan fingerprint density at radius 3 is 2.56 bits per heavy atom. The first-order chi connectivity index (χ1) is 13.2. The topological polar surface area (TPSA) is 59.4 Å². The van der Waals surface area contributed by atoms with Crippen LogP contribution in [0.3, 0.4) is 0 Å². The van der Waals surface area contributed by atoms with Crippen LogP contribution in [0.15, 0.2) is 65.8 Å². The van der Waals surface area contributed by atoms with Gasteiger partial charge in [0.15, 0.2) is 5.82 Å². The summed E-state index contributed by atoms with van der Waals surface area (Å²) in [6, 6.07) is 20.1. The zero-order chi connectivity index (χ0) is 18.6. The Balaban J connectivity index is 1.62. The molecule has 0 unspecified atom stereocenters. The van der Waals surface area contributed by atoms with E-state index in [2.05, 4.69) is 38.7 Å². The van der Waals surface area contributed by atoms with E-state index in [4.69, 9.17) is 4.74 Å². The minimum Gasteiger partial charge on any atom is -0.497 e. The molecule has 0 bridgehead atoms. The van der Waals surface area contributed by atoms with E-state index in [9.17, 15) is 0 Å². The largest absolute Gasteiger partial charge is 0.497 e. The number of benzene rings is 2. The summed E-state index contributed by atoms with van der Waals surface area (Å²) in [4.78, 5) is 11.2. The van der Waals surface area contributed by atoms with Crippen molar-refractivity contribution in [3.05, 3.63) is 72.1 Å². The van der Waals surface area contributed by atoms with Crippen LogP contribution in [-0.2, 0) is 0 Å². The number of hydrazone groups is 1. The van der Waals surface area contributed by atoms with Gasteiger partial charge in [-0.2, -0.15) is 5.10 Å². The van der Waals surface area contributed by atoms with Gasteiger partial charge in [0.25, 0.3) is 0 Å². The molecule has 0 fully saturated rings. The number of ether oxygens (including phenoxy) is 1. The second-order valence-corrected chi connectivity index (χ2v) is 6.99. The maximum atomic E-state index is 5.17. The minimum absolute atomic E-state index is 0.709. The highest BCUT2D eigenvalue weighted by Gasteiger charge is 2.11. The summed E-state index contributed by atoms with van der Waals surface area (Å²) in [5.41, 5.74) is 5.21. The Bertz CT molecular complexity index is 1090. The molecule has 0 radical (unpaired) electrons. The highest BCUT2D eigenvalue weighted by atomic mass is 32.1. The number of nitrogens with zero attached hydrogens (tertiary/aromatic N) is 3. The fraction of sp³-hybridized carbons (Fsp3) is 0.0952. The number of methoxy groups -OCH3 is 1. The van der Waals surface area contributed by atoms with E-state index in [1.54, 1.807) is 24.7 Å². The molecule has 0 saturated heterocycles. The summed E-state index contributed by atoms with van der Waals surface area (Å²) < 4.78 is 5.17. The molecule has 2 aromatic carbocycles. The average molecular weight is 374 g/mol. The fourth-order valence-corrected chi connectivity index (χ4v) is 3.80. The standard InChI is InChI=1S/C21H18N4OS/c1-14-23-20(25-22-13-15-8-10-17(26-2)11-9-15)18-12-19(27-21(18)24-14)16-6-4-3-5-7-16/h3-13H,1-2H3,(H,23,24,25)/b22-13-. The lowest BCUT2D eigenvalue weighted by Gasteiger charge is -2.02. The third kappa shape index (κ3) is 3.80. The molecule has 0 amide bonds. The van der Waals surface area contributed by atoms with Crippen molar-refractivity contribution in [3.8, 4) is 16.2 Å². The van der Waals surface area contributed by atoms with Crippen LogP contribution >= 0.6 is 11.3 Å². The van der Waals surface area contributed by atoms with E-state index in [0.717, 1.165) is 26.4 Å². The number of hydrogen-bond donors (Lipinski definition) is 1. The van der Waals surface area contributed by atoms with E-state index >= 15 is 0 Å². The van der Waals surface area contributed by atoms with Crippen LogP contribution in [0.4, 0.5) is 5.82 Å². The summed E-state index contributed by atoms with van der Waals surface area (Å²) in [5, 5.41) is 5.31. The van der Waals surface area contributed by atoms with Gasteiger partial charge in [-0.25, -0.2) is 9.97 Å². The van der Waals surface area contributed by atoms with Crippen molar-refractivity contribution in [1.29, 1.82) is 0 Å². The lowest BCUT2D eigenvalue weighted by Crippen LogP contribution is -1.97. The molecule has 0 aliphatic rings. The second kappa shape index (κ2) is 7.55. The lowest BCUT2D eigenvalue weighted by atomic mass is 10.2. The Morgan fingerprint density at radius 1 is 1.04 bits per heavy atom. The van der Waals surface area contributed by atoms with Gasteiger partial charge in [-0.1, -0.05) is 30.3 Å². The van der Waals surface area contributed by atoms with Gasteiger partial charge in [-0.05, 0) is 48.4 Å². The molecule has 0 aliphatic heterocycles. The normalized spacial score (nSPS) is 11.2. The smallest absolute Gasteiger partial charge is 0.158 e. The number of hydrogen-bond acceptors (Lipinski definition) is 6. The molecule has 6 heteroatoms. The molecule has 0 spiro atoms. The molecule has 4 rings (SSSR count). The number of anilines is 1. The Morgan fingerprint density at radius 2 is 1.81 bits per heavy atom. The molecule has 27 heavy (non-hydrogen) atoms. The maximum Gasteiger partial charge on any atom is 0.158 e. The summed E-state index contributed by atoms with van der Waals surface area (Å²) in [5.74, 6) is 2.24.